The zero-order valence-electron chi connectivity index (χ0n) is 20.1. The Morgan fingerprint density at radius 1 is 1.08 bits per heavy atom. The summed E-state index contributed by atoms with van der Waals surface area (Å²) in [4.78, 5) is 29.4. The lowest BCUT2D eigenvalue weighted by molar-refractivity contribution is -0.134. The van der Waals surface area contributed by atoms with Gasteiger partial charge in [-0.25, -0.2) is 0 Å². The van der Waals surface area contributed by atoms with Gasteiger partial charge in [-0.2, -0.15) is 0 Å². The van der Waals surface area contributed by atoms with Crippen LogP contribution in [0.15, 0.2) is 72.8 Å². The normalized spacial score (nSPS) is 15.6. The molecule has 188 valence electrons. The maximum Gasteiger partial charge on any atom is 0.247 e. The van der Waals surface area contributed by atoms with Crippen LogP contribution in [0.3, 0.4) is 0 Å². The van der Waals surface area contributed by atoms with E-state index < -0.39 is 6.04 Å². The minimum absolute atomic E-state index is 0.131. The van der Waals surface area contributed by atoms with E-state index in [1.165, 1.54) is 0 Å². The SMILES string of the molecule is CN(Cc1ccccc1Cl)C(=O)[C@H]1CNCC(=O)N1c1ccc(CCCOc2cccc(Cl)c2)cc1. The largest absolute Gasteiger partial charge is 0.494 e. The number of ether oxygens (including phenoxy) is 1. The third-order valence-electron chi connectivity index (χ3n) is 6.11. The molecule has 2 amide bonds. The molecule has 36 heavy (non-hydrogen) atoms. The van der Waals surface area contributed by atoms with Gasteiger partial charge in [0.2, 0.25) is 11.8 Å². The molecular formula is C28H29Cl2N3O3. The van der Waals surface area contributed by atoms with Crippen molar-refractivity contribution in [1.29, 1.82) is 0 Å². The Labute approximate surface area is 221 Å². The number of benzene rings is 3. The van der Waals surface area contributed by atoms with E-state index in [9.17, 15) is 9.59 Å². The molecule has 1 aliphatic rings. The highest BCUT2D eigenvalue weighted by atomic mass is 35.5. The van der Waals surface area contributed by atoms with E-state index in [0.717, 1.165) is 29.7 Å². The smallest absolute Gasteiger partial charge is 0.247 e. The molecule has 0 aromatic heterocycles. The molecule has 1 fully saturated rings. The van der Waals surface area contributed by atoms with Crippen molar-refractivity contribution >= 4 is 40.7 Å². The Bertz CT molecular complexity index is 1200. The summed E-state index contributed by atoms with van der Waals surface area (Å²) in [5.74, 6) is 0.483. The van der Waals surface area contributed by atoms with E-state index in [-0.39, 0.29) is 18.4 Å². The number of hydrogen-bond donors (Lipinski definition) is 1. The van der Waals surface area contributed by atoms with Crippen molar-refractivity contribution in [1.82, 2.24) is 10.2 Å². The molecule has 0 saturated carbocycles. The molecule has 0 radical (unpaired) electrons. The number of aryl methyl sites for hydroxylation is 1. The zero-order chi connectivity index (χ0) is 25.5. The van der Waals surface area contributed by atoms with Crippen molar-refractivity contribution in [3.05, 3.63) is 94.0 Å². The number of halogens is 2. The highest BCUT2D eigenvalue weighted by Gasteiger charge is 2.35. The fourth-order valence-electron chi connectivity index (χ4n) is 4.25. The van der Waals surface area contributed by atoms with Gasteiger partial charge in [0, 0.05) is 35.9 Å². The maximum absolute atomic E-state index is 13.3. The number of amides is 2. The first-order chi connectivity index (χ1) is 17.4. The van der Waals surface area contributed by atoms with Crippen molar-refractivity contribution in [3.8, 4) is 5.75 Å². The zero-order valence-corrected chi connectivity index (χ0v) is 21.6. The summed E-state index contributed by atoms with van der Waals surface area (Å²) in [6.07, 6.45) is 1.67. The van der Waals surface area contributed by atoms with Gasteiger partial charge in [0.1, 0.15) is 11.8 Å². The fourth-order valence-corrected chi connectivity index (χ4v) is 4.62. The third kappa shape index (κ3) is 6.58. The van der Waals surface area contributed by atoms with Crippen molar-refractivity contribution in [2.24, 2.45) is 0 Å². The molecule has 6 nitrogen and oxygen atoms in total. The van der Waals surface area contributed by atoms with Crippen LogP contribution in [0.5, 0.6) is 5.75 Å². The van der Waals surface area contributed by atoms with Crippen LogP contribution in [0.1, 0.15) is 17.5 Å². The predicted molar refractivity (Wildman–Crippen MR) is 144 cm³/mol. The van der Waals surface area contributed by atoms with Crippen molar-refractivity contribution in [2.45, 2.75) is 25.4 Å². The summed E-state index contributed by atoms with van der Waals surface area (Å²) in [7, 11) is 1.73. The molecule has 0 spiro atoms. The predicted octanol–water partition coefficient (Wildman–Crippen LogP) is 4.97. The van der Waals surface area contributed by atoms with E-state index in [1.54, 1.807) is 29.0 Å². The van der Waals surface area contributed by atoms with Crippen LogP contribution in [-0.4, -0.2) is 49.5 Å². The van der Waals surface area contributed by atoms with Crippen LogP contribution >= 0.6 is 23.2 Å². The van der Waals surface area contributed by atoms with Gasteiger partial charge in [0.25, 0.3) is 0 Å². The van der Waals surface area contributed by atoms with Gasteiger partial charge in [0.05, 0.1) is 13.2 Å². The molecule has 8 heteroatoms. The van der Waals surface area contributed by atoms with Gasteiger partial charge in [-0.05, 0) is 60.4 Å². The van der Waals surface area contributed by atoms with Gasteiger partial charge in [0.15, 0.2) is 0 Å². The van der Waals surface area contributed by atoms with Crippen LogP contribution in [0.4, 0.5) is 5.69 Å². The molecule has 1 aliphatic heterocycles. The van der Waals surface area contributed by atoms with Crippen LogP contribution in [-0.2, 0) is 22.6 Å². The van der Waals surface area contributed by atoms with Crippen LogP contribution < -0.4 is 15.0 Å². The first kappa shape index (κ1) is 26.0. The summed E-state index contributed by atoms with van der Waals surface area (Å²) in [6.45, 7) is 1.53. The first-order valence-corrected chi connectivity index (χ1v) is 12.7. The number of nitrogens with one attached hydrogen (secondary N) is 1. The Hall–Kier alpha value is -3.06. The Kier molecular flexibility index (Phi) is 8.86. The van der Waals surface area contributed by atoms with Gasteiger partial charge < -0.3 is 15.0 Å². The van der Waals surface area contributed by atoms with Gasteiger partial charge >= 0.3 is 0 Å². The molecular weight excluding hydrogens is 497 g/mol. The van der Waals surface area contributed by atoms with Crippen LogP contribution in [0, 0.1) is 0 Å². The minimum Gasteiger partial charge on any atom is -0.494 e. The minimum atomic E-state index is -0.629. The Morgan fingerprint density at radius 2 is 1.86 bits per heavy atom. The standard InChI is InChI=1S/C28H29Cl2N3O3/c1-32(19-21-7-2-3-10-25(21)30)28(35)26-17-31-18-27(34)33(26)23-13-11-20(12-14-23)6-5-15-36-24-9-4-8-22(29)16-24/h2-4,7-14,16,26,31H,5-6,15,17-19H2,1H3/t26-/m1/s1. The van der Waals surface area contributed by atoms with E-state index in [4.69, 9.17) is 27.9 Å². The number of piperazine rings is 1. The van der Waals surface area contributed by atoms with E-state index in [1.807, 2.05) is 60.7 Å². The molecule has 3 aromatic carbocycles. The lowest BCUT2D eigenvalue weighted by atomic mass is 10.1. The number of carbonyl (C=O) groups excluding carboxylic acids is 2. The van der Waals surface area contributed by atoms with Crippen LogP contribution in [0.25, 0.3) is 0 Å². The summed E-state index contributed by atoms with van der Waals surface area (Å²) >= 11 is 12.3. The number of rotatable bonds is 9. The maximum atomic E-state index is 13.3. The summed E-state index contributed by atoms with van der Waals surface area (Å²) in [5.41, 5.74) is 2.71. The lowest BCUT2D eigenvalue weighted by Crippen LogP contribution is -2.60. The number of likely N-dealkylation sites (N-methyl/N-ethyl adjacent to an activating group) is 1. The van der Waals surface area contributed by atoms with Gasteiger partial charge in [-0.1, -0.05) is 59.6 Å². The summed E-state index contributed by atoms with van der Waals surface area (Å²) < 4.78 is 5.76. The Balaban J connectivity index is 1.37. The first-order valence-electron chi connectivity index (χ1n) is 11.9. The molecule has 0 unspecified atom stereocenters. The van der Waals surface area contributed by atoms with Crippen LogP contribution in [0.2, 0.25) is 10.0 Å². The quantitative estimate of drug-likeness (QED) is 0.400. The molecule has 1 N–H and O–H groups in total. The monoisotopic (exact) mass is 525 g/mol. The summed E-state index contributed by atoms with van der Waals surface area (Å²) in [6, 6.07) is 22.0. The average Bonchev–Trinajstić information content (AvgIpc) is 2.88. The average molecular weight is 526 g/mol. The molecule has 0 aliphatic carbocycles. The van der Waals surface area contributed by atoms with Gasteiger partial charge in [-0.3, -0.25) is 14.5 Å². The summed E-state index contributed by atoms with van der Waals surface area (Å²) in [5, 5.41) is 4.33. The van der Waals surface area contributed by atoms with E-state index in [2.05, 4.69) is 5.32 Å². The van der Waals surface area contributed by atoms with Crippen molar-refractivity contribution in [2.75, 3.05) is 31.6 Å². The number of hydrogen-bond acceptors (Lipinski definition) is 4. The lowest BCUT2D eigenvalue weighted by Gasteiger charge is -2.37. The molecule has 3 aromatic rings. The van der Waals surface area contributed by atoms with Gasteiger partial charge in [-0.15, -0.1) is 0 Å². The van der Waals surface area contributed by atoms with Crippen molar-refractivity contribution in [3.63, 3.8) is 0 Å². The molecule has 1 heterocycles. The highest BCUT2D eigenvalue weighted by molar-refractivity contribution is 6.31. The third-order valence-corrected chi connectivity index (χ3v) is 6.71. The highest BCUT2D eigenvalue weighted by Crippen LogP contribution is 2.23. The number of carbonyl (C=O) groups is 2. The van der Waals surface area contributed by atoms with Crippen molar-refractivity contribution < 1.29 is 14.3 Å². The topological polar surface area (TPSA) is 61.9 Å². The van der Waals surface area contributed by atoms with E-state index in [0.29, 0.717) is 35.4 Å². The Morgan fingerprint density at radius 3 is 2.61 bits per heavy atom. The molecule has 1 saturated heterocycles. The second-order valence-corrected chi connectivity index (χ2v) is 9.62. The number of nitrogens with zero attached hydrogens (tertiary/aromatic N) is 2. The second-order valence-electron chi connectivity index (χ2n) is 8.77. The molecule has 4 rings (SSSR count). The molecule has 1 atom stereocenters. The molecule has 0 bridgehead atoms. The second kappa shape index (κ2) is 12.3. The van der Waals surface area contributed by atoms with E-state index >= 15 is 0 Å². The number of anilines is 1. The fraction of sp³-hybridized carbons (Fsp3) is 0.286.